The molecule has 0 aliphatic rings. The normalized spacial score (nSPS) is 12.9. The first-order chi connectivity index (χ1) is 22.4. The van der Waals surface area contributed by atoms with Crippen LogP contribution in [0.5, 0.6) is 0 Å². The highest BCUT2D eigenvalue weighted by atomic mass is 32.2. The molecule has 0 spiro atoms. The predicted molar refractivity (Wildman–Crippen MR) is 173 cm³/mol. The third kappa shape index (κ3) is 9.03. The van der Waals surface area contributed by atoms with Gasteiger partial charge in [0.1, 0.15) is 6.61 Å². The van der Waals surface area contributed by atoms with Gasteiger partial charge < -0.3 is 24.3 Å². The minimum Gasteiger partial charge on any atom is -0.460 e. The van der Waals surface area contributed by atoms with Gasteiger partial charge >= 0.3 is 32.5 Å². The summed E-state index contributed by atoms with van der Waals surface area (Å²) in [5, 5.41) is 0. The zero-order chi connectivity index (χ0) is 35.2. The Balaban J connectivity index is 1.73. The van der Waals surface area contributed by atoms with Crippen LogP contribution in [0, 0.1) is 5.41 Å². The van der Waals surface area contributed by atoms with Crippen molar-refractivity contribution in [2.45, 2.75) is 36.5 Å². The van der Waals surface area contributed by atoms with E-state index in [9.17, 15) is 31.5 Å². The molecule has 4 N–H and O–H groups in total. The van der Waals surface area contributed by atoms with Crippen LogP contribution in [0.1, 0.15) is 33.4 Å². The summed E-state index contributed by atoms with van der Waals surface area (Å²) in [4.78, 5) is 50.8. The molecule has 0 bridgehead atoms. The van der Waals surface area contributed by atoms with Crippen molar-refractivity contribution in [3.05, 3.63) is 143 Å². The third-order valence-corrected chi connectivity index (χ3v) is 10.8. The minimum absolute atomic E-state index is 0.105. The summed E-state index contributed by atoms with van der Waals surface area (Å²) in [6.45, 7) is -0.105. The largest absolute Gasteiger partial charge is 0.460 e. The Labute approximate surface area is 278 Å². The molecule has 15 heteroatoms. The van der Waals surface area contributed by atoms with E-state index in [1.54, 1.807) is 30.3 Å². The van der Waals surface area contributed by atoms with E-state index in [4.69, 9.17) is 24.3 Å². The number of thioether (sulfide) groups is 1. The van der Waals surface area contributed by atoms with Gasteiger partial charge in [0.15, 0.2) is 0 Å². The van der Waals surface area contributed by atoms with Gasteiger partial charge in [0.2, 0.25) is 0 Å². The van der Waals surface area contributed by atoms with E-state index < -0.39 is 49.0 Å². The number of alkyl halides is 4. The molecule has 4 aromatic rings. The first kappa shape index (κ1) is 37.5. The van der Waals surface area contributed by atoms with Crippen molar-refractivity contribution in [1.29, 1.82) is 0 Å². The number of benzene rings is 4. The Morgan fingerprint density at radius 1 is 0.604 bits per heavy atom. The number of hydrogen-bond acceptors (Lipinski definition) is 5. The molecule has 256 valence electrons. The molecule has 0 atom stereocenters. The number of esters is 1. The van der Waals surface area contributed by atoms with E-state index in [0.29, 0.717) is 22.4 Å². The molecule has 0 heterocycles. The van der Waals surface area contributed by atoms with E-state index in [0.717, 1.165) is 29.8 Å². The summed E-state index contributed by atoms with van der Waals surface area (Å²) in [7, 11) is -11.7. The van der Waals surface area contributed by atoms with Crippen LogP contribution in [0.4, 0.5) is 17.6 Å². The molecule has 0 fully saturated rings. The fourth-order valence-electron chi connectivity index (χ4n) is 4.95. The standard InChI is InChI=1S/C33H32F4O8P2S/c34-32(35,46(39,40)41)28-15-11-24(12-16-28)19-31(23-48-22-27-9-5-2-6-10-27,30(38)45-21-26-7-3-1-4-8-26)20-25-13-17-29(18-14-25)33(36,37)47(42,43)44/h1-18H,19-23H2,(H2,39,40,41)(H2,42,43,44). The van der Waals surface area contributed by atoms with Crippen LogP contribution in [0.25, 0.3) is 0 Å². The van der Waals surface area contributed by atoms with E-state index in [1.165, 1.54) is 36.0 Å². The molecule has 8 nitrogen and oxygen atoms in total. The second kappa shape index (κ2) is 15.1. The lowest BCUT2D eigenvalue weighted by molar-refractivity contribution is -0.156. The second-order valence-corrected chi connectivity index (χ2v) is 15.5. The van der Waals surface area contributed by atoms with Crippen molar-refractivity contribution in [2.75, 3.05) is 5.75 Å². The molecule has 0 aliphatic heterocycles. The molecule has 0 aromatic heterocycles. The van der Waals surface area contributed by atoms with Crippen LogP contribution in [0.3, 0.4) is 0 Å². The summed E-state index contributed by atoms with van der Waals surface area (Å²) in [6, 6.07) is 26.5. The van der Waals surface area contributed by atoms with E-state index in [1.807, 2.05) is 30.3 Å². The molecule has 0 saturated carbocycles. The van der Waals surface area contributed by atoms with E-state index in [-0.39, 0.29) is 25.2 Å². The van der Waals surface area contributed by atoms with Gasteiger partial charge in [-0.2, -0.15) is 29.3 Å². The predicted octanol–water partition coefficient (Wildman–Crippen LogP) is 7.59. The first-order valence-corrected chi connectivity index (χ1v) is 18.7. The number of hydrogen-bond donors (Lipinski definition) is 4. The Bertz CT molecular complexity index is 1690. The number of carbonyl (C=O) groups excluding carboxylic acids is 1. The molecular formula is C33H32F4O8P2S. The molecule has 0 unspecified atom stereocenters. The van der Waals surface area contributed by atoms with Gasteiger partial charge in [0.25, 0.3) is 0 Å². The van der Waals surface area contributed by atoms with Crippen molar-refractivity contribution in [3.63, 3.8) is 0 Å². The zero-order valence-electron chi connectivity index (χ0n) is 25.2. The van der Waals surface area contributed by atoms with Gasteiger partial charge in [-0.1, -0.05) is 109 Å². The summed E-state index contributed by atoms with van der Waals surface area (Å²) in [5.41, 5.74) is -9.84. The molecular weight excluding hydrogens is 694 g/mol. The first-order valence-electron chi connectivity index (χ1n) is 14.3. The summed E-state index contributed by atoms with van der Waals surface area (Å²) in [6.07, 6.45) is -0.213. The van der Waals surface area contributed by atoms with Gasteiger partial charge in [-0.15, -0.1) is 0 Å². The van der Waals surface area contributed by atoms with Gasteiger partial charge in [-0.3, -0.25) is 13.9 Å². The Kier molecular flexibility index (Phi) is 11.8. The third-order valence-electron chi connectivity index (χ3n) is 7.55. The van der Waals surface area contributed by atoms with Crippen LogP contribution >= 0.6 is 27.0 Å². The number of halogens is 4. The molecule has 4 rings (SSSR count). The number of carbonyl (C=O) groups is 1. The maximum atomic E-state index is 14.4. The van der Waals surface area contributed by atoms with E-state index in [2.05, 4.69) is 0 Å². The second-order valence-electron chi connectivity index (χ2n) is 11.2. The topological polar surface area (TPSA) is 141 Å². The van der Waals surface area contributed by atoms with Crippen molar-refractivity contribution in [2.24, 2.45) is 5.41 Å². The maximum Gasteiger partial charge on any atom is 0.399 e. The van der Waals surface area contributed by atoms with Gasteiger partial charge in [-0.25, -0.2) is 0 Å². The van der Waals surface area contributed by atoms with Gasteiger partial charge in [0.05, 0.1) is 5.41 Å². The molecule has 48 heavy (non-hydrogen) atoms. The fraction of sp³-hybridized carbons (Fsp3) is 0.242. The molecule has 0 aliphatic carbocycles. The maximum absolute atomic E-state index is 14.4. The summed E-state index contributed by atoms with van der Waals surface area (Å²) >= 11 is 1.38. The summed E-state index contributed by atoms with van der Waals surface area (Å²) < 4.78 is 86.2. The Morgan fingerprint density at radius 3 is 1.40 bits per heavy atom. The van der Waals surface area contributed by atoms with Crippen LogP contribution in [-0.4, -0.2) is 31.3 Å². The van der Waals surface area contributed by atoms with Gasteiger partial charge in [0, 0.05) is 22.6 Å². The lowest BCUT2D eigenvalue weighted by Gasteiger charge is -2.32. The minimum atomic E-state index is -5.83. The van der Waals surface area contributed by atoms with Gasteiger partial charge in [-0.05, 0) is 35.1 Å². The fourth-order valence-corrected chi connectivity index (χ4v) is 7.16. The Hall–Kier alpha value is -3.28. The molecule has 0 amide bonds. The quantitative estimate of drug-likeness (QED) is 0.0554. The SMILES string of the molecule is O=C(OCc1ccccc1)C(CSCc1ccccc1)(Cc1ccc(C(F)(F)P(=O)(O)O)cc1)Cc1ccc(C(F)(F)P(=O)(O)O)cc1. The van der Waals surface area contributed by atoms with Crippen molar-refractivity contribution in [3.8, 4) is 0 Å². The Morgan fingerprint density at radius 2 is 1.00 bits per heavy atom. The lowest BCUT2D eigenvalue weighted by Crippen LogP contribution is -2.40. The van der Waals surface area contributed by atoms with Crippen molar-refractivity contribution >= 4 is 32.9 Å². The molecule has 0 radical (unpaired) electrons. The van der Waals surface area contributed by atoms with Crippen molar-refractivity contribution in [1.82, 2.24) is 0 Å². The highest BCUT2D eigenvalue weighted by Crippen LogP contribution is 2.60. The van der Waals surface area contributed by atoms with E-state index >= 15 is 0 Å². The number of rotatable bonds is 15. The monoisotopic (exact) mass is 726 g/mol. The van der Waals surface area contributed by atoms with Crippen LogP contribution in [0.15, 0.2) is 109 Å². The van der Waals surface area contributed by atoms with Crippen LogP contribution in [-0.2, 0) is 55.2 Å². The average molecular weight is 727 g/mol. The summed E-state index contributed by atoms with van der Waals surface area (Å²) in [5.74, 6) is -0.104. The highest BCUT2D eigenvalue weighted by molar-refractivity contribution is 7.98. The smallest absolute Gasteiger partial charge is 0.399 e. The van der Waals surface area contributed by atoms with Crippen LogP contribution < -0.4 is 0 Å². The van der Waals surface area contributed by atoms with Crippen molar-refractivity contribution < 1.29 is 55.8 Å². The molecule has 4 aromatic carbocycles. The highest BCUT2D eigenvalue weighted by Gasteiger charge is 2.51. The lowest BCUT2D eigenvalue weighted by atomic mass is 9.77. The average Bonchev–Trinajstić information content (AvgIpc) is 3.04. The van der Waals surface area contributed by atoms with Crippen LogP contribution in [0.2, 0.25) is 0 Å². The zero-order valence-corrected chi connectivity index (χ0v) is 27.8. The number of ether oxygens (including phenoxy) is 1. The molecule has 0 saturated heterocycles.